The molecule has 0 amide bonds. The van der Waals surface area contributed by atoms with E-state index in [2.05, 4.69) is 21.3 Å². The highest BCUT2D eigenvalue weighted by molar-refractivity contribution is 6.04. The van der Waals surface area contributed by atoms with Crippen LogP contribution in [0.25, 0.3) is 0 Å². The highest BCUT2D eigenvalue weighted by Gasteiger charge is 2.38. The molecule has 1 rings (SSSR count). The summed E-state index contributed by atoms with van der Waals surface area (Å²) in [5, 5.41) is 2.88. The Morgan fingerprint density at radius 3 is 2.14 bits per heavy atom. The molecule has 0 heterocycles. The maximum atomic E-state index is 13.0. The topological polar surface area (TPSA) is 91.3 Å². The number of hydrogen-bond acceptors (Lipinski definition) is 7. The van der Waals surface area contributed by atoms with Crippen molar-refractivity contribution in [2.75, 3.05) is 13.2 Å². The minimum atomic E-state index is -4.83. The van der Waals surface area contributed by atoms with E-state index in [0.29, 0.717) is 0 Å². The number of halogens is 3. The Bertz CT molecular complexity index is 743. The van der Waals surface area contributed by atoms with Crippen LogP contribution in [0.5, 0.6) is 0 Å². The zero-order valence-corrected chi connectivity index (χ0v) is 15.0. The molecule has 152 valence electrons. The molecule has 0 radical (unpaired) electrons. The fourth-order valence-corrected chi connectivity index (χ4v) is 1.70. The van der Waals surface area contributed by atoms with E-state index >= 15 is 0 Å². The van der Waals surface area contributed by atoms with Crippen molar-refractivity contribution in [3.8, 4) is 0 Å². The molecule has 0 atom stereocenters. The summed E-state index contributed by atoms with van der Waals surface area (Å²) in [7, 11) is 0. The predicted molar refractivity (Wildman–Crippen MR) is 91.1 cm³/mol. The van der Waals surface area contributed by atoms with Crippen LogP contribution in [0, 0.1) is 0 Å². The SMILES string of the molecule is C=C(C)C(=O)OCCOC(=O)CCC(=O)O/N=C(/c1ccccc1)C(F)(F)F. The lowest BCUT2D eigenvalue weighted by Gasteiger charge is -2.09. The largest absolute Gasteiger partial charge is 0.462 e. The Morgan fingerprint density at radius 2 is 1.57 bits per heavy atom. The van der Waals surface area contributed by atoms with E-state index in [1.165, 1.54) is 25.1 Å². The molecular weight excluding hydrogens is 383 g/mol. The van der Waals surface area contributed by atoms with Gasteiger partial charge in [0.1, 0.15) is 13.2 Å². The van der Waals surface area contributed by atoms with Gasteiger partial charge in [0.05, 0.1) is 12.8 Å². The maximum absolute atomic E-state index is 13.0. The van der Waals surface area contributed by atoms with E-state index in [-0.39, 0.29) is 24.4 Å². The number of oxime groups is 1. The van der Waals surface area contributed by atoms with E-state index in [9.17, 15) is 27.6 Å². The lowest BCUT2D eigenvalue weighted by atomic mass is 10.1. The molecule has 1 aromatic carbocycles. The first-order chi connectivity index (χ1) is 13.1. The van der Waals surface area contributed by atoms with E-state index in [4.69, 9.17) is 4.74 Å². The second kappa shape index (κ2) is 10.9. The predicted octanol–water partition coefficient (Wildman–Crippen LogP) is 2.94. The quantitative estimate of drug-likeness (QED) is 0.158. The number of nitrogens with zero attached hydrogens (tertiary/aromatic N) is 1. The van der Waals surface area contributed by atoms with Crippen molar-refractivity contribution < 1.29 is 41.9 Å². The van der Waals surface area contributed by atoms with Gasteiger partial charge in [0.2, 0.25) is 0 Å². The molecular formula is C18H18F3NO6. The van der Waals surface area contributed by atoms with Gasteiger partial charge in [0, 0.05) is 11.1 Å². The number of ether oxygens (including phenoxy) is 2. The third-order valence-electron chi connectivity index (χ3n) is 3.02. The average molecular weight is 401 g/mol. The monoisotopic (exact) mass is 401 g/mol. The normalized spacial score (nSPS) is 11.5. The van der Waals surface area contributed by atoms with Crippen molar-refractivity contribution in [1.29, 1.82) is 0 Å². The van der Waals surface area contributed by atoms with Crippen molar-refractivity contribution in [1.82, 2.24) is 0 Å². The Morgan fingerprint density at radius 1 is 1.00 bits per heavy atom. The minimum absolute atomic E-state index is 0.184. The van der Waals surface area contributed by atoms with Crippen LogP contribution in [0.3, 0.4) is 0 Å². The van der Waals surface area contributed by atoms with Gasteiger partial charge in [-0.3, -0.25) is 4.79 Å². The number of carbonyl (C=O) groups is 3. The van der Waals surface area contributed by atoms with Crippen LogP contribution in [-0.2, 0) is 28.7 Å². The molecule has 0 aliphatic carbocycles. The molecule has 0 aliphatic rings. The molecule has 0 bridgehead atoms. The molecule has 0 fully saturated rings. The summed E-state index contributed by atoms with van der Waals surface area (Å²) >= 11 is 0. The third-order valence-corrected chi connectivity index (χ3v) is 3.02. The van der Waals surface area contributed by atoms with E-state index < -0.39 is 42.6 Å². The van der Waals surface area contributed by atoms with Crippen LogP contribution in [0.1, 0.15) is 25.3 Å². The number of benzene rings is 1. The van der Waals surface area contributed by atoms with Gasteiger partial charge in [-0.15, -0.1) is 0 Å². The standard InChI is InChI=1S/C18H18F3NO6/c1-12(2)17(25)27-11-10-26-14(23)8-9-15(24)28-22-16(18(19,20)21)13-6-4-3-5-7-13/h3-7H,1,8-11H2,2H3/b22-16-. The summed E-state index contributed by atoms with van der Waals surface area (Å²) in [5.41, 5.74) is -1.46. The van der Waals surface area contributed by atoms with Crippen LogP contribution in [0.4, 0.5) is 13.2 Å². The van der Waals surface area contributed by atoms with Crippen molar-refractivity contribution in [3.63, 3.8) is 0 Å². The second-order valence-corrected chi connectivity index (χ2v) is 5.40. The van der Waals surface area contributed by atoms with Gasteiger partial charge < -0.3 is 14.3 Å². The molecule has 0 saturated carbocycles. The molecule has 0 N–H and O–H groups in total. The van der Waals surface area contributed by atoms with Crippen LogP contribution in [-0.4, -0.2) is 43.0 Å². The fraction of sp³-hybridized carbons (Fsp3) is 0.333. The first-order valence-corrected chi connectivity index (χ1v) is 8.00. The second-order valence-electron chi connectivity index (χ2n) is 5.40. The van der Waals surface area contributed by atoms with E-state index in [1.807, 2.05) is 0 Å². The van der Waals surface area contributed by atoms with Crippen LogP contribution >= 0.6 is 0 Å². The first kappa shape index (κ1) is 22.9. The highest BCUT2D eigenvalue weighted by Crippen LogP contribution is 2.22. The lowest BCUT2D eigenvalue weighted by molar-refractivity contribution is -0.153. The molecule has 0 saturated heterocycles. The lowest BCUT2D eigenvalue weighted by Crippen LogP contribution is -2.25. The van der Waals surface area contributed by atoms with Gasteiger partial charge in [-0.1, -0.05) is 42.1 Å². The van der Waals surface area contributed by atoms with Crippen molar-refractivity contribution in [2.45, 2.75) is 25.9 Å². The number of alkyl halides is 3. The molecule has 0 aromatic heterocycles. The molecule has 0 unspecified atom stereocenters. The van der Waals surface area contributed by atoms with Crippen LogP contribution in [0.15, 0.2) is 47.6 Å². The smallest absolute Gasteiger partial charge is 0.437 e. The van der Waals surface area contributed by atoms with Crippen molar-refractivity contribution in [2.24, 2.45) is 5.16 Å². The van der Waals surface area contributed by atoms with Crippen molar-refractivity contribution in [3.05, 3.63) is 48.0 Å². The van der Waals surface area contributed by atoms with Gasteiger partial charge >= 0.3 is 24.1 Å². The summed E-state index contributed by atoms with van der Waals surface area (Å²) in [6.07, 6.45) is -5.80. The first-order valence-electron chi connectivity index (χ1n) is 8.00. The Kier molecular flexibility index (Phi) is 8.86. The van der Waals surface area contributed by atoms with Gasteiger partial charge in [-0.2, -0.15) is 13.2 Å². The fourth-order valence-electron chi connectivity index (χ4n) is 1.70. The minimum Gasteiger partial charge on any atom is -0.462 e. The van der Waals surface area contributed by atoms with Gasteiger partial charge in [0.15, 0.2) is 5.71 Å². The molecule has 1 aromatic rings. The Hall–Kier alpha value is -3.17. The number of rotatable bonds is 9. The number of esters is 2. The van der Waals surface area contributed by atoms with Gasteiger partial charge in [-0.25, -0.2) is 9.59 Å². The highest BCUT2D eigenvalue weighted by atomic mass is 19.4. The molecule has 28 heavy (non-hydrogen) atoms. The third kappa shape index (κ3) is 8.47. The summed E-state index contributed by atoms with van der Waals surface area (Å²) < 4.78 is 48.4. The zero-order valence-electron chi connectivity index (χ0n) is 15.0. The van der Waals surface area contributed by atoms with Gasteiger partial charge in [0.25, 0.3) is 0 Å². The molecule has 0 spiro atoms. The zero-order chi connectivity index (χ0) is 21.2. The number of carbonyl (C=O) groups excluding carboxylic acids is 3. The summed E-state index contributed by atoms with van der Waals surface area (Å²) in [6.45, 7) is 4.38. The molecule has 7 nitrogen and oxygen atoms in total. The maximum Gasteiger partial charge on any atom is 0.437 e. The van der Waals surface area contributed by atoms with Crippen LogP contribution < -0.4 is 0 Å². The van der Waals surface area contributed by atoms with Crippen LogP contribution in [0.2, 0.25) is 0 Å². The summed E-state index contributed by atoms with van der Waals surface area (Å²) in [6, 6.07) is 6.61. The Balaban J connectivity index is 2.44. The number of hydrogen-bond donors (Lipinski definition) is 0. The average Bonchev–Trinajstić information content (AvgIpc) is 2.63. The molecule has 0 aliphatic heterocycles. The van der Waals surface area contributed by atoms with Gasteiger partial charge in [-0.05, 0) is 6.92 Å². The molecule has 10 heteroatoms. The van der Waals surface area contributed by atoms with E-state index in [0.717, 1.165) is 12.1 Å². The summed E-state index contributed by atoms with van der Waals surface area (Å²) in [5.74, 6) is -2.59. The van der Waals surface area contributed by atoms with E-state index in [1.54, 1.807) is 0 Å². The summed E-state index contributed by atoms with van der Waals surface area (Å²) in [4.78, 5) is 38.3. The Labute approximate surface area is 158 Å². The van der Waals surface area contributed by atoms with Crippen molar-refractivity contribution >= 4 is 23.6 Å².